The molecular formula is C13H18F2N2O2S2. The molecule has 2 amide bonds. The van der Waals surface area contributed by atoms with E-state index >= 15 is 0 Å². The summed E-state index contributed by atoms with van der Waals surface area (Å²) in [6.07, 6.45) is 1.58. The average Bonchev–Trinajstić information content (AvgIpc) is 2.38. The van der Waals surface area contributed by atoms with Crippen molar-refractivity contribution in [3.8, 4) is 0 Å². The highest BCUT2D eigenvalue weighted by Crippen LogP contribution is 2.26. The summed E-state index contributed by atoms with van der Waals surface area (Å²) >= 11 is 0.454. The summed E-state index contributed by atoms with van der Waals surface area (Å²) in [6.45, 7) is 1.81. The molecule has 1 rings (SSSR count). The third kappa shape index (κ3) is 6.43. The van der Waals surface area contributed by atoms with Gasteiger partial charge in [0.05, 0.1) is 0 Å². The highest BCUT2D eigenvalue weighted by atomic mass is 32.2. The number of hydrogen-bond donors (Lipinski definition) is 1. The lowest BCUT2D eigenvalue weighted by atomic mass is 10.3. The van der Waals surface area contributed by atoms with Crippen molar-refractivity contribution in [2.24, 2.45) is 0 Å². The molecule has 2 atom stereocenters. The van der Waals surface area contributed by atoms with E-state index in [9.17, 15) is 17.8 Å². The molecule has 0 bridgehead atoms. The number of anilines is 1. The van der Waals surface area contributed by atoms with Crippen molar-refractivity contribution >= 4 is 34.3 Å². The molecule has 4 nitrogen and oxygen atoms in total. The molecule has 0 aromatic heterocycles. The van der Waals surface area contributed by atoms with Gasteiger partial charge < -0.3 is 10.2 Å². The summed E-state index contributed by atoms with van der Waals surface area (Å²) in [4.78, 5) is 13.9. The number of halogens is 2. The normalized spacial score (nSPS) is 13.8. The standard InChI is InChI=1S/C13H18F2N2O2S2/c1-9(8-21(3)19)17(2)13(18)16-10-4-6-11(7-5-10)20-12(14)15/h4-7,9,12H,8H2,1-3H3,(H,16,18)/t9-,21+/m0/s1. The molecule has 0 spiro atoms. The van der Waals surface area contributed by atoms with E-state index < -0.39 is 16.6 Å². The van der Waals surface area contributed by atoms with E-state index in [-0.39, 0.29) is 12.1 Å². The molecule has 0 saturated heterocycles. The van der Waals surface area contributed by atoms with Gasteiger partial charge in [-0.15, -0.1) is 0 Å². The molecule has 1 N–H and O–H groups in total. The fourth-order valence-electron chi connectivity index (χ4n) is 1.58. The highest BCUT2D eigenvalue weighted by molar-refractivity contribution is 7.99. The lowest BCUT2D eigenvalue weighted by Crippen LogP contribution is -2.40. The Balaban J connectivity index is 2.59. The van der Waals surface area contributed by atoms with Gasteiger partial charge in [0.1, 0.15) is 0 Å². The monoisotopic (exact) mass is 336 g/mol. The summed E-state index contributed by atoms with van der Waals surface area (Å²) in [5, 5.41) is 2.67. The van der Waals surface area contributed by atoms with Crippen LogP contribution >= 0.6 is 11.8 Å². The molecule has 118 valence electrons. The molecule has 0 fully saturated rings. The van der Waals surface area contributed by atoms with Crippen molar-refractivity contribution < 1.29 is 17.8 Å². The first-order valence-electron chi connectivity index (χ1n) is 6.18. The van der Waals surface area contributed by atoms with Crippen LogP contribution < -0.4 is 5.32 Å². The number of carbonyl (C=O) groups excluding carboxylic acids is 1. The van der Waals surface area contributed by atoms with Gasteiger partial charge >= 0.3 is 6.03 Å². The molecule has 0 heterocycles. The Morgan fingerprint density at radius 2 is 1.95 bits per heavy atom. The lowest BCUT2D eigenvalue weighted by molar-refractivity contribution is 0.212. The second-order valence-corrected chi connectivity index (χ2v) is 7.08. The summed E-state index contributed by atoms with van der Waals surface area (Å²) in [6, 6.07) is 5.69. The van der Waals surface area contributed by atoms with Gasteiger partial charge in [-0.3, -0.25) is 4.21 Å². The number of amides is 2. The molecule has 8 heteroatoms. The van der Waals surface area contributed by atoms with E-state index in [2.05, 4.69) is 5.32 Å². The predicted octanol–water partition coefficient (Wildman–Crippen LogP) is 3.23. The van der Waals surface area contributed by atoms with E-state index in [1.54, 1.807) is 25.4 Å². The van der Waals surface area contributed by atoms with Gasteiger partial charge in [0.25, 0.3) is 5.76 Å². The summed E-state index contributed by atoms with van der Waals surface area (Å²) in [5.74, 6) is -2.07. The zero-order valence-corrected chi connectivity index (χ0v) is 13.6. The van der Waals surface area contributed by atoms with Crippen molar-refractivity contribution in [1.29, 1.82) is 0 Å². The fraction of sp³-hybridized carbons (Fsp3) is 0.462. The Morgan fingerprint density at radius 1 is 1.38 bits per heavy atom. The maximum Gasteiger partial charge on any atom is 0.321 e. The van der Waals surface area contributed by atoms with Gasteiger partial charge in [-0.25, -0.2) is 4.79 Å². The maximum atomic E-state index is 12.2. The zero-order chi connectivity index (χ0) is 16.0. The minimum atomic E-state index is -2.47. The quantitative estimate of drug-likeness (QED) is 0.812. The number of rotatable bonds is 6. The van der Waals surface area contributed by atoms with Crippen LogP contribution in [0.15, 0.2) is 29.2 Å². The van der Waals surface area contributed by atoms with Crippen LogP contribution in [0.4, 0.5) is 19.3 Å². The smallest absolute Gasteiger partial charge is 0.321 e. The minimum absolute atomic E-state index is 0.163. The van der Waals surface area contributed by atoms with Crippen LogP contribution in [0.1, 0.15) is 6.92 Å². The maximum absolute atomic E-state index is 12.2. The van der Waals surface area contributed by atoms with E-state index in [0.29, 0.717) is 28.1 Å². The SMILES string of the molecule is C[C@@H](C[S@@](C)=O)N(C)C(=O)Nc1ccc(SC(F)F)cc1. The first kappa shape index (κ1) is 17.9. The molecule has 0 unspecified atom stereocenters. The number of carbonyl (C=O) groups is 1. The van der Waals surface area contributed by atoms with Gasteiger partial charge in [0, 0.05) is 46.5 Å². The third-order valence-corrected chi connectivity index (χ3v) is 4.46. The van der Waals surface area contributed by atoms with Gasteiger partial charge in [-0.2, -0.15) is 8.78 Å². The third-order valence-electron chi connectivity index (χ3n) is 2.79. The Bertz CT molecular complexity index is 497. The lowest BCUT2D eigenvalue weighted by Gasteiger charge is -2.24. The van der Waals surface area contributed by atoms with Crippen LogP contribution in [0.25, 0.3) is 0 Å². The van der Waals surface area contributed by atoms with Crippen LogP contribution in [-0.4, -0.2) is 46.0 Å². The first-order valence-corrected chi connectivity index (χ1v) is 8.79. The van der Waals surface area contributed by atoms with Crippen molar-refractivity contribution in [2.75, 3.05) is 24.4 Å². The number of thioether (sulfide) groups is 1. The number of nitrogens with one attached hydrogen (secondary N) is 1. The minimum Gasteiger partial charge on any atom is -0.324 e. The summed E-state index contributed by atoms with van der Waals surface area (Å²) in [5.41, 5.74) is 0.523. The second kappa shape index (κ2) is 8.33. The predicted molar refractivity (Wildman–Crippen MR) is 83.5 cm³/mol. The fourth-order valence-corrected chi connectivity index (χ4v) is 2.98. The van der Waals surface area contributed by atoms with Gasteiger partial charge in [-0.05, 0) is 31.2 Å². The molecular weight excluding hydrogens is 318 g/mol. The van der Waals surface area contributed by atoms with Crippen LogP contribution in [0.3, 0.4) is 0 Å². The van der Waals surface area contributed by atoms with E-state index in [1.165, 1.54) is 17.0 Å². The number of urea groups is 1. The molecule has 1 aromatic rings. The number of hydrogen-bond acceptors (Lipinski definition) is 3. The first-order chi connectivity index (χ1) is 9.79. The summed E-state index contributed by atoms with van der Waals surface area (Å²) < 4.78 is 35.5. The van der Waals surface area contributed by atoms with Crippen LogP contribution in [0.5, 0.6) is 0 Å². The second-order valence-electron chi connectivity index (χ2n) is 4.53. The largest absolute Gasteiger partial charge is 0.324 e. The zero-order valence-electron chi connectivity index (χ0n) is 12.0. The topological polar surface area (TPSA) is 49.4 Å². The molecule has 0 aliphatic carbocycles. The number of nitrogens with zero attached hydrogens (tertiary/aromatic N) is 1. The molecule has 0 aliphatic heterocycles. The highest BCUT2D eigenvalue weighted by Gasteiger charge is 2.16. The van der Waals surface area contributed by atoms with E-state index in [1.807, 2.05) is 6.92 Å². The number of benzene rings is 1. The average molecular weight is 336 g/mol. The van der Waals surface area contributed by atoms with Crippen molar-refractivity contribution in [1.82, 2.24) is 4.90 Å². The van der Waals surface area contributed by atoms with Crippen LogP contribution in [-0.2, 0) is 10.8 Å². The molecule has 1 aromatic carbocycles. The van der Waals surface area contributed by atoms with Crippen molar-refractivity contribution in [3.63, 3.8) is 0 Å². The van der Waals surface area contributed by atoms with Gasteiger partial charge in [-0.1, -0.05) is 11.8 Å². The van der Waals surface area contributed by atoms with Crippen molar-refractivity contribution in [2.45, 2.75) is 23.6 Å². The van der Waals surface area contributed by atoms with Gasteiger partial charge in [0.2, 0.25) is 0 Å². The molecule has 21 heavy (non-hydrogen) atoms. The Morgan fingerprint density at radius 3 is 2.43 bits per heavy atom. The molecule has 0 aliphatic rings. The Labute approximate surface area is 129 Å². The van der Waals surface area contributed by atoms with Gasteiger partial charge in [0.15, 0.2) is 0 Å². The summed E-state index contributed by atoms with van der Waals surface area (Å²) in [7, 11) is 0.635. The van der Waals surface area contributed by atoms with Crippen molar-refractivity contribution in [3.05, 3.63) is 24.3 Å². The van der Waals surface area contributed by atoms with Crippen LogP contribution in [0.2, 0.25) is 0 Å². The number of alkyl halides is 2. The van der Waals surface area contributed by atoms with E-state index in [4.69, 9.17) is 0 Å². The molecule has 0 saturated carbocycles. The Hall–Kier alpha value is -1.15. The molecule has 0 radical (unpaired) electrons. The van der Waals surface area contributed by atoms with E-state index in [0.717, 1.165) is 0 Å². The Kier molecular flexibility index (Phi) is 7.10. The van der Waals surface area contributed by atoms with Crippen LogP contribution in [0, 0.1) is 0 Å².